The fourth-order valence-electron chi connectivity index (χ4n) is 2.49. The van der Waals surface area contributed by atoms with E-state index in [9.17, 15) is 5.11 Å². The van der Waals surface area contributed by atoms with Gasteiger partial charge in [-0.15, -0.1) is 0 Å². The second kappa shape index (κ2) is 5.06. The second-order valence-corrected chi connectivity index (χ2v) is 11.8. The molecule has 0 aliphatic heterocycles. The Kier molecular flexibility index (Phi) is 3.79. The average Bonchev–Trinajstić information content (AvgIpc) is 2.38. The first-order chi connectivity index (χ1) is 8.83. The van der Waals surface area contributed by atoms with Crippen LogP contribution in [-0.2, 0) is 0 Å². The van der Waals surface area contributed by atoms with Crippen LogP contribution in [-0.4, -0.2) is 18.2 Å². The molecule has 0 saturated carbocycles. The van der Waals surface area contributed by atoms with Crippen LogP contribution in [0.25, 0.3) is 0 Å². The molecule has 2 nitrogen and oxygen atoms in total. The van der Waals surface area contributed by atoms with Crippen LogP contribution in [0, 0.1) is 5.41 Å². The zero-order valence-electron chi connectivity index (χ0n) is 12.2. The minimum absolute atomic E-state index is 0.251. The lowest BCUT2D eigenvalue weighted by Gasteiger charge is -2.37. The van der Waals surface area contributed by atoms with Gasteiger partial charge < -0.3 is 5.11 Å². The van der Waals surface area contributed by atoms with Crippen molar-refractivity contribution >= 4 is 8.07 Å². The third-order valence-corrected chi connectivity index (χ3v) is 6.17. The van der Waals surface area contributed by atoms with Gasteiger partial charge in [0.25, 0.3) is 0 Å². The summed E-state index contributed by atoms with van der Waals surface area (Å²) in [6, 6.07) is 5.70. The van der Waals surface area contributed by atoms with Gasteiger partial charge in [-0.05, 0) is 18.6 Å². The fraction of sp³-hybridized carbons (Fsp3) is 0.438. The highest BCUT2D eigenvalue weighted by atomic mass is 28.3. The van der Waals surface area contributed by atoms with Gasteiger partial charge in [0.05, 0.1) is 13.8 Å². The van der Waals surface area contributed by atoms with E-state index in [0.29, 0.717) is 0 Å². The predicted molar refractivity (Wildman–Crippen MR) is 82.5 cm³/mol. The molecule has 3 heteroatoms. The summed E-state index contributed by atoms with van der Waals surface area (Å²) in [5, 5.41) is 12.2. The first-order valence-corrected chi connectivity index (χ1v) is 10.3. The zero-order chi connectivity index (χ0) is 14.1. The van der Waals surface area contributed by atoms with Gasteiger partial charge in [0, 0.05) is 11.6 Å². The average molecular weight is 273 g/mol. The highest BCUT2D eigenvalue weighted by molar-refractivity contribution is 6.83. The standard InChI is InChI=1S/C16H23NOSi/c1-16(15(18)14-9-5-6-11-17-14)10-7-8-13(12-16)19(2,3)4/h5-11,15,18H,12H2,1-4H3/t15-,16+/m0/s1. The Bertz CT molecular complexity index is 501. The fourth-order valence-corrected chi connectivity index (χ4v) is 4.00. The van der Waals surface area contributed by atoms with Crippen molar-refractivity contribution in [1.29, 1.82) is 0 Å². The van der Waals surface area contributed by atoms with Gasteiger partial charge in [0.2, 0.25) is 0 Å². The van der Waals surface area contributed by atoms with Crippen molar-refractivity contribution in [2.45, 2.75) is 39.1 Å². The van der Waals surface area contributed by atoms with E-state index >= 15 is 0 Å². The van der Waals surface area contributed by atoms with Crippen LogP contribution in [0.2, 0.25) is 19.6 Å². The largest absolute Gasteiger partial charge is 0.386 e. The Labute approximate surface area is 116 Å². The SMILES string of the molecule is C[C@@]1([C@@H](O)c2ccccn2)C=CC=C([Si](C)(C)C)C1. The van der Waals surface area contributed by atoms with Crippen molar-refractivity contribution in [2.75, 3.05) is 0 Å². The number of allylic oxidation sites excluding steroid dienone is 3. The third-order valence-electron chi connectivity index (χ3n) is 3.90. The Morgan fingerprint density at radius 1 is 1.32 bits per heavy atom. The van der Waals surface area contributed by atoms with Crippen molar-refractivity contribution < 1.29 is 5.11 Å². The van der Waals surface area contributed by atoms with E-state index in [1.54, 1.807) is 6.20 Å². The second-order valence-electron chi connectivity index (χ2n) is 6.64. The summed E-state index contributed by atoms with van der Waals surface area (Å²) in [5.41, 5.74) is 0.505. The molecule has 0 saturated heterocycles. The molecular formula is C16H23NOSi. The Balaban J connectivity index is 2.26. The zero-order valence-corrected chi connectivity index (χ0v) is 13.2. The highest BCUT2D eigenvalue weighted by Crippen LogP contribution is 2.43. The third kappa shape index (κ3) is 3.04. The molecule has 0 aromatic carbocycles. The summed E-state index contributed by atoms with van der Waals surface area (Å²) >= 11 is 0. The van der Waals surface area contributed by atoms with Crippen molar-refractivity contribution in [2.24, 2.45) is 5.41 Å². The Morgan fingerprint density at radius 2 is 2.05 bits per heavy atom. The van der Waals surface area contributed by atoms with E-state index in [-0.39, 0.29) is 5.41 Å². The molecule has 1 aliphatic carbocycles. The summed E-state index contributed by atoms with van der Waals surface area (Å²) in [6.45, 7) is 9.18. The molecule has 102 valence electrons. The van der Waals surface area contributed by atoms with Gasteiger partial charge >= 0.3 is 0 Å². The number of pyridine rings is 1. The number of hydrogen-bond acceptors (Lipinski definition) is 2. The van der Waals surface area contributed by atoms with Gasteiger partial charge in [-0.3, -0.25) is 4.98 Å². The van der Waals surface area contributed by atoms with E-state index in [4.69, 9.17) is 0 Å². The van der Waals surface area contributed by atoms with Gasteiger partial charge in [-0.25, -0.2) is 0 Å². The van der Waals surface area contributed by atoms with Crippen molar-refractivity contribution in [3.63, 3.8) is 0 Å². The molecule has 19 heavy (non-hydrogen) atoms. The summed E-state index contributed by atoms with van der Waals surface area (Å²) in [6.07, 6.45) is 8.57. The van der Waals surface area contributed by atoms with Gasteiger partial charge in [0.15, 0.2) is 0 Å². The monoisotopic (exact) mass is 273 g/mol. The normalized spacial score (nSPS) is 25.0. The molecule has 2 rings (SSSR count). The Morgan fingerprint density at radius 3 is 2.63 bits per heavy atom. The number of aromatic nitrogens is 1. The molecule has 1 N–H and O–H groups in total. The summed E-state index contributed by atoms with van der Waals surface area (Å²) < 4.78 is 0. The van der Waals surface area contributed by atoms with Crippen LogP contribution >= 0.6 is 0 Å². The number of hydrogen-bond donors (Lipinski definition) is 1. The molecule has 1 aromatic heterocycles. The summed E-state index contributed by atoms with van der Waals surface area (Å²) in [7, 11) is -1.31. The molecule has 0 unspecified atom stereocenters. The molecule has 0 bridgehead atoms. The molecule has 2 atom stereocenters. The maximum atomic E-state index is 10.7. The van der Waals surface area contributed by atoms with Gasteiger partial charge in [-0.2, -0.15) is 0 Å². The van der Waals surface area contributed by atoms with Crippen LogP contribution in [0.3, 0.4) is 0 Å². The number of aliphatic hydroxyl groups is 1. The van der Waals surface area contributed by atoms with Crippen LogP contribution in [0.15, 0.2) is 47.8 Å². The van der Waals surface area contributed by atoms with Crippen molar-refractivity contribution in [3.8, 4) is 0 Å². The quantitative estimate of drug-likeness (QED) is 0.848. The molecule has 0 amide bonds. The molecule has 0 spiro atoms. The molecule has 1 heterocycles. The molecule has 0 radical (unpaired) electrons. The smallest absolute Gasteiger partial charge is 0.105 e. The predicted octanol–water partition coefficient (Wildman–Crippen LogP) is 3.89. The Hall–Kier alpha value is -1.19. The minimum Gasteiger partial charge on any atom is -0.386 e. The van der Waals surface area contributed by atoms with E-state index < -0.39 is 14.2 Å². The van der Waals surface area contributed by atoms with Crippen molar-refractivity contribution in [3.05, 3.63) is 53.5 Å². The maximum absolute atomic E-state index is 10.7. The number of nitrogens with zero attached hydrogens (tertiary/aromatic N) is 1. The first kappa shape index (κ1) is 14.2. The maximum Gasteiger partial charge on any atom is 0.105 e. The van der Waals surface area contributed by atoms with E-state index in [0.717, 1.165) is 12.1 Å². The van der Waals surface area contributed by atoms with E-state index in [1.807, 2.05) is 18.2 Å². The van der Waals surface area contributed by atoms with Crippen LogP contribution < -0.4 is 0 Å². The van der Waals surface area contributed by atoms with Crippen LogP contribution in [0.4, 0.5) is 0 Å². The lowest BCUT2D eigenvalue weighted by atomic mass is 9.77. The number of rotatable bonds is 3. The summed E-state index contributed by atoms with van der Waals surface area (Å²) in [4.78, 5) is 4.29. The molecule has 0 fully saturated rings. The minimum atomic E-state index is -1.31. The first-order valence-electron chi connectivity index (χ1n) is 6.81. The van der Waals surface area contributed by atoms with E-state index in [2.05, 4.69) is 49.8 Å². The topological polar surface area (TPSA) is 33.1 Å². The molecule has 1 aliphatic rings. The molecule has 1 aromatic rings. The van der Waals surface area contributed by atoms with Crippen LogP contribution in [0.1, 0.15) is 25.1 Å². The lowest BCUT2D eigenvalue weighted by Crippen LogP contribution is -2.33. The highest BCUT2D eigenvalue weighted by Gasteiger charge is 2.37. The summed E-state index contributed by atoms with van der Waals surface area (Å²) in [5.74, 6) is 0. The van der Waals surface area contributed by atoms with Crippen molar-refractivity contribution in [1.82, 2.24) is 4.98 Å². The van der Waals surface area contributed by atoms with Gasteiger partial charge in [-0.1, -0.05) is 56.1 Å². The van der Waals surface area contributed by atoms with Crippen LogP contribution in [0.5, 0.6) is 0 Å². The molecular weight excluding hydrogens is 250 g/mol. The lowest BCUT2D eigenvalue weighted by molar-refractivity contribution is 0.0661. The van der Waals surface area contributed by atoms with E-state index in [1.165, 1.54) is 5.20 Å². The van der Waals surface area contributed by atoms with Gasteiger partial charge in [0.1, 0.15) is 6.10 Å². The number of aliphatic hydroxyl groups excluding tert-OH is 1.